The Bertz CT molecular complexity index is 1090. The Morgan fingerprint density at radius 1 is 1.19 bits per heavy atom. The first-order valence-electron chi connectivity index (χ1n) is 9.05. The lowest BCUT2D eigenvalue weighted by Gasteiger charge is -2.28. The highest BCUT2D eigenvalue weighted by Crippen LogP contribution is 2.39. The van der Waals surface area contributed by atoms with Crippen LogP contribution < -0.4 is 5.56 Å². The molecule has 5 nitrogen and oxygen atoms in total. The van der Waals surface area contributed by atoms with Crippen LogP contribution in [0.25, 0.3) is 22.3 Å². The highest BCUT2D eigenvalue weighted by atomic mass is 16.7. The summed E-state index contributed by atoms with van der Waals surface area (Å²) in [5.41, 5.74) is 5.27. The summed E-state index contributed by atoms with van der Waals surface area (Å²) >= 11 is 0. The van der Waals surface area contributed by atoms with E-state index >= 15 is 0 Å². The summed E-state index contributed by atoms with van der Waals surface area (Å²) in [5.74, 6) is -0.821. The number of pyridine rings is 2. The zero-order chi connectivity index (χ0) is 17.9. The second kappa shape index (κ2) is 5.50. The van der Waals surface area contributed by atoms with E-state index in [0.717, 1.165) is 33.4 Å². The third kappa shape index (κ3) is 2.04. The fraction of sp³-hybridized carbons (Fsp3) is 0.333. The molecule has 2 aromatic heterocycles. The average molecular weight is 348 g/mol. The molecule has 1 saturated heterocycles. The molecule has 2 aliphatic heterocycles. The van der Waals surface area contributed by atoms with Gasteiger partial charge in [-0.15, -0.1) is 0 Å². The lowest BCUT2D eigenvalue weighted by Crippen LogP contribution is -2.32. The summed E-state index contributed by atoms with van der Waals surface area (Å²) in [6, 6.07) is 12.2. The average Bonchev–Trinajstić information content (AvgIpc) is 3.28. The SMILES string of the molecule is CCC1(c2cc3n(c(=O)c2C)Cc2cc4ccccc4nc2-3)OCCO1. The van der Waals surface area contributed by atoms with Gasteiger partial charge >= 0.3 is 0 Å². The normalized spacial score (nSPS) is 17.5. The lowest BCUT2D eigenvalue weighted by molar-refractivity contribution is -0.168. The van der Waals surface area contributed by atoms with Crippen LogP contribution in [0.1, 0.15) is 30.0 Å². The van der Waals surface area contributed by atoms with Crippen molar-refractivity contribution in [2.45, 2.75) is 32.6 Å². The van der Waals surface area contributed by atoms with Crippen molar-refractivity contribution in [2.24, 2.45) is 0 Å². The van der Waals surface area contributed by atoms with E-state index in [1.54, 1.807) is 0 Å². The van der Waals surface area contributed by atoms with Gasteiger partial charge in [-0.25, -0.2) is 4.98 Å². The lowest BCUT2D eigenvalue weighted by atomic mass is 9.97. The molecule has 5 heteroatoms. The molecule has 4 heterocycles. The molecule has 0 amide bonds. The molecule has 2 aliphatic rings. The highest BCUT2D eigenvalue weighted by Gasteiger charge is 2.40. The maximum atomic E-state index is 13.1. The first kappa shape index (κ1) is 15.7. The van der Waals surface area contributed by atoms with E-state index in [0.29, 0.717) is 31.7 Å². The minimum Gasteiger partial charge on any atom is -0.343 e. The van der Waals surface area contributed by atoms with Crippen molar-refractivity contribution >= 4 is 10.9 Å². The van der Waals surface area contributed by atoms with Crippen LogP contribution in [0.2, 0.25) is 0 Å². The van der Waals surface area contributed by atoms with Gasteiger partial charge in [0.05, 0.1) is 36.7 Å². The topological polar surface area (TPSA) is 53.4 Å². The van der Waals surface area contributed by atoms with Crippen LogP contribution >= 0.6 is 0 Å². The van der Waals surface area contributed by atoms with Gasteiger partial charge in [-0.05, 0) is 25.1 Å². The summed E-state index contributed by atoms with van der Waals surface area (Å²) in [6.07, 6.45) is 0.661. The number of ether oxygens (including phenoxy) is 2. The second-order valence-electron chi connectivity index (χ2n) is 6.95. The number of hydrogen-bond donors (Lipinski definition) is 0. The Morgan fingerprint density at radius 2 is 1.96 bits per heavy atom. The van der Waals surface area contributed by atoms with Crippen LogP contribution in [0, 0.1) is 6.92 Å². The van der Waals surface area contributed by atoms with Gasteiger partial charge < -0.3 is 14.0 Å². The molecule has 0 aliphatic carbocycles. The maximum absolute atomic E-state index is 13.1. The van der Waals surface area contributed by atoms with E-state index in [9.17, 15) is 4.79 Å². The Balaban J connectivity index is 1.77. The van der Waals surface area contributed by atoms with Gasteiger partial charge in [-0.3, -0.25) is 4.79 Å². The third-order valence-electron chi connectivity index (χ3n) is 5.55. The van der Waals surface area contributed by atoms with Gasteiger partial charge in [-0.1, -0.05) is 25.1 Å². The number of hydrogen-bond acceptors (Lipinski definition) is 4. The molecule has 132 valence electrons. The van der Waals surface area contributed by atoms with Gasteiger partial charge in [0.25, 0.3) is 5.56 Å². The summed E-state index contributed by atoms with van der Waals surface area (Å²) in [5, 5.41) is 1.09. The number of rotatable bonds is 2. The van der Waals surface area contributed by atoms with E-state index in [-0.39, 0.29) is 5.56 Å². The van der Waals surface area contributed by atoms with E-state index in [4.69, 9.17) is 14.5 Å². The molecular weight excluding hydrogens is 328 g/mol. The van der Waals surface area contributed by atoms with Crippen molar-refractivity contribution < 1.29 is 9.47 Å². The second-order valence-corrected chi connectivity index (χ2v) is 6.95. The van der Waals surface area contributed by atoms with E-state index in [1.807, 2.05) is 42.7 Å². The third-order valence-corrected chi connectivity index (χ3v) is 5.55. The maximum Gasteiger partial charge on any atom is 0.254 e. The summed E-state index contributed by atoms with van der Waals surface area (Å²) < 4.78 is 13.7. The van der Waals surface area contributed by atoms with Gasteiger partial charge in [0.1, 0.15) is 0 Å². The standard InChI is InChI=1S/C21H20N2O3/c1-3-21(25-8-9-26-21)16-11-18-19-15(12-23(18)20(24)13(16)2)10-14-6-4-5-7-17(14)22-19/h4-7,10-11H,3,8-9,12H2,1-2H3. The fourth-order valence-corrected chi connectivity index (χ4v) is 4.18. The molecule has 0 radical (unpaired) electrons. The minimum absolute atomic E-state index is 0.00600. The predicted molar refractivity (Wildman–Crippen MR) is 99.2 cm³/mol. The van der Waals surface area contributed by atoms with Crippen LogP contribution in [0.3, 0.4) is 0 Å². The Labute approximate surface area is 151 Å². The summed E-state index contributed by atoms with van der Waals surface area (Å²) in [6.45, 7) is 5.54. The monoisotopic (exact) mass is 348 g/mol. The number of para-hydroxylation sites is 1. The molecule has 0 spiro atoms. The number of fused-ring (bicyclic) bond motifs is 4. The molecule has 0 atom stereocenters. The van der Waals surface area contributed by atoms with Crippen LogP contribution in [-0.4, -0.2) is 22.8 Å². The van der Waals surface area contributed by atoms with Crippen LogP contribution in [0.5, 0.6) is 0 Å². The zero-order valence-electron chi connectivity index (χ0n) is 14.9. The quantitative estimate of drug-likeness (QED) is 0.557. The summed E-state index contributed by atoms with van der Waals surface area (Å²) in [4.78, 5) is 17.9. The largest absolute Gasteiger partial charge is 0.343 e. The van der Waals surface area contributed by atoms with E-state index in [1.165, 1.54) is 0 Å². The smallest absolute Gasteiger partial charge is 0.254 e. The molecule has 5 rings (SSSR count). The molecule has 0 saturated carbocycles. The van der Waals surface area contributed by atoms with E-state index < -0.39 is 5.79 Å². The number of nitrogens with zero attached hydrogens (tertiary/aromatic N) is 2. The molecule has 0 unspecified atom stereocenters. The van der Waals surface area contributed by atoms with Crippen molar-refractivity contribution in [2.75, 3.05) is 13.2 Å². The first-order valence-corrected chi connectivity index (χ1v) is 9.05. The fourth-order valence-electron chi connectivity index (χ4n) is 4.18. The van der Waals surface area contributed by atoms with Crippen molar-refractivity contribution in [1.82, 2.24) is 9.55 Å². The predicted octanol–water partition coefficient (Wildman–Crippen LogP) is 3.34. The number of benzene rings is 1. The Hall–Kier alpha value is -2.50. The van der Waals surface area contributed by atoms with Crippen molar-refractivity contribution in [1.29, 1.82) is 0 Å². The van der Waals surface area contributed by atoms with Crippen LogP contribution in [-0.2, 0) is 21.8 Å². The molecule has 1 fully saturated rings. The van der Waals surface area contributed by atoms with Crippen molar-refractivity contribution in [3.8, 4) is 11.4 Å². The molecular formula is C21H20N2O3. The molecule has 26 heavy (non-hydrogen) atoms. The Morgan fingerprint density at radius 3 is 2.73 bits per heavy atom. The minimum atomic E-state index is -0.821. The molecule has 0 N–H and O–H groups in total. The highest BCUT2D eigenvalue weighted by molar-refractivity contribution is 5.84. The summed E-state index contributed by atoms with van der Waals surface area (Å²) in [7, 11) is 0. The molecule has 0 bridgehead atoms. The van der Waals surface area contributed by atoms with Crippen molar-refractivity contribution in [3.05, 3.63) is 63.4 Å². The van der Waals surface area contributed by atoms with Gasteiger partial charge in [-0.2, -0.15) is 0 Å². The molecule has 1 aromatic carbocycles. The van der Waals surface area contributed by atoms with Gasteiger partial charge in [0.2, 0.25) is 0 Å². The number of aromatic nitrogens is 2. The zero-order valence-corrected chi connectivity index (χ0v) is 14.9. The van der Waals surface area contributed by atoms with Crippen LogP contribution in [0.15, 0.2) is 41.2 Å². The molecule has 3 aromatic rings. The first-order chi connectivity index (χ1) is 12.6. The van der Waals surface area contributed by atoms with Gasteiger partial charge in [0.15, 0.2) is 5.79 Å². The Kier molecular flexibility index (Phi) is 3.33. The van der Waals surface area contributed by atoms with Crippen LogP contribution in [0.4, 0.5) is 0 Å². The van der Waals surface area contributed by atoms with Crippen molar-refractivity contribution in [3.63, 3.8) is 0 Å². The van der Waals surface area contributed by atoms with E-state index in [2.05, 4.69) is 12.1 Å². The van der Waals surface area contributed by atoms with Gasteiger partial charge in [0, 0.05) is 28.5 Å².